The van der Waals surface area contributed by atoms with E-state index in [0.717, 1.165) is 24.0 Å². The number of benzene rings is 2. The Hall–Kier alpha value is -3.15. The number of anilines is 1. The molecule has 2 amide bonds. The Morgan fingerprint density at radius 3 is 2.29 bits per heavy atom. The molecule has 0 unspecified atom stereocenters. The molecule has 146 valence electrons. The lowest BCUT2D eigenvalue weighted by atomic mass is 9.96. The van der Waals surface area contributed by atoms with E-state index in [1.165, 1.54) is 11.9 Å². The molecule has 3 rings (SSSR count). The van der Waals surface area contributed by atoms with Crippen molar-refractivity contribution in [2.24, 2.45) is 0 Å². The van der Waals surface area contributed by atoms with Crippen molar-refractivity contribution in [2.75, 3.05) is 25.5 Å². The molecule has 0 aliphatic heterocycles. The molecule has 1 aliphatic rings. The maximum Gasteiger partial charge on any atom is 0.317 e. The summed E-state index contributed by atoms with van der Waals surface area (Å²) in [7, 11) is 1.51. The van der Waals surface area contributed by atoms with Gasteiger partial charge in [0.15, 0.2) is 6.61 Å². The number of carbonyl (C=O) groups is 3. The van der Waals surface area contributed by atoms with Crippen molar-refractivity contribution in [2.45, 2.75) is 25.2 Å². The van der Waals surface area contributed by atoms with Crippen LogP contribution < -0.4 is 5.32 Å². The van der Waals surface area contributed by atoms with Crippen molar-refractivity contribution in [3.8, 4) is 0 Å². The molecule has 6 nitrogen and oxygen atoms in total. The van der Waals surface area contributed by atoms with Gasteiger partial charge in [0, 0.05) is 12.7 Å². The number of hydrogen-bond donors (Lipinski definition) is 1. The van der Waals surface area contributed by atoms with E-state index in [1.807, 2.05) is 49.4 Å². The summed E-state index contributed by atoms with van der Waals surface area (Å²) in [5.74, 6) is -1.12. The summed E-state index contributed by atoms with van der Waals surface area (Å²) in [5.41, 5.74) is 2.05. The molecule has 28 heavy (non-hydrogen) atoms. The van der Waals surface area contributed by atoms with E-state index in [0.29, 0.717) is 5.69 Å². The minimum atomic E-state index is -0.622. The quantitative estimate of drug-likeness (QED) is 0.750. The van der Waals surface area contributed by atoms with Crippen LogP contribution in [0.15, 0.2) is 54.6 Å². The second-order valence-corrected chi connectivity index (χ2v) is 7.19. The Kier molecular flexibility index (Phi) is 5.78. The minimum Gasteiger partial charge on any atom is -0.455 e. The Morgan fingerprint density at radius 1 is 1.04 bits per heavy atom. The number of nitrogens with one attached hydrogen (secondary N) is 1. The van der Waals surface area contributed by atoms with Crippen LogP contribution in [-0.2, 0) is 24.5 Å². The first-order valence-electron chi connectivity index (χ1n) is 9.24. The molecule has 1 saturated carbocycles. The van der Waals surface area contributed by atoms with Crippen LogP contribution in [0.1, 0.15) is 24.0 Å². The molecule has 0 aromatic heterocycles. The summed E-state index contributed by atoms with van der Waals surface area (Å²) >= 11 is 0. The third-order valence-corrected chi connectivity index (χ3v) is 4.94. The van der Waals surface area contributed by atoms with Crippen LogP contribution in [0, 0.1) is 6.92 Å². The second-order valence-electron chi connectivity index (χ2n) is 7.19. The van der Waals surface area contributed by atoms with Crippen LogP contribution in [-0.4, -0.2) is 42.9 Å². The zero-order chi connectivity index (χ0) is 20.1. The minimum absolute atomic E-state index is 0.117. The molecular formula is C22H24N2O4. The van der Waals surface area contributed by atoms with E-state index < -0.39 is 11.3 Å². The first-order chi connectivity index (χ1) is 13.4. The van der Waals surface area contributed by atoms with Crippen LogP contribution in [0.2, 0.25) is 0 Å². The Labute approximate surface area is 164 Å². The number of rotatable bonds is 7. The maximum atomic E-state index is 12.5. The zero-order valence-electron chi connectivity index (χ0n) is 16.1. The van der Waals surface area contributed by atoms with E-state index in [2.05, 4.69) is 5.32 Å². The van der Waals surface area contributed by atoms with Crippen molar-refractivity contribution in [3.05, 3.63) is 65.7 Å². The first-order valence-corrected chi connectivity index (χ1v) is 9.24. The van der Waals surface area contributed by atoms with Crippen molar-refractivity contribution >= 4 is 23.5 Å². The molecule has 2 aromatic rings. The van der Waals surface area contributed by atoms with E-state index in [4.69, 9.17) is 4.74 Å². The molecule has 0 saturated heterocycles. The van der Waals surface area contributed by atoms with Gasteiger partial charge >= 0.3 is 5.97 Å². The van der Waals surface area contributed by atoms with Gasteiger partial charge in [0.2, 0.25) is 5.91 Å². The van der Waals surface area contributed by atoms with Crippen molar-refractivity contribution in [1.82, 2.24) is 4.90 Å². The van der Waals surface area contributed by atoms with Crippen molar-refractivity contribution < 1.29 is 19.1 Å². The van der Waals surface area contributed by atoms with Gasteiger partial charge in [-0.3, -0.25) is 14.4 Å². The fourth-order valence-corrected chi connectivity index (χ4v) is 3.01. The molecule has 1 aliphatic carbocycles. The monoisotopic (exact) mass is 380 g/mol. The molecule has 0 radical (unpaired) electrons. The highest BCUT2D eigenvalue weighted by molar-refractivity contribution is 5.95. The molecule has 0 bridgehead atoms. The van der Waals surface area contributed by atoms with Gasteiger partial charge in [-0.1, -0.05) is 48.0 Å². The number of esters is 1. The number of likely N-dealkylation sites (N-methyl/N-ethyl adjacent to an activating group) is 1. The second kappa shape index (κ2) is 8.25. The normalized spacial score (nSPS) is 14.1. The topological polar surface area (TPSA) is 75.7 Å². The van der Waals surface area contributed by atoms with Crippen LogP contribution >= 0.6 is 0 Å². The summed E-state index contributed by atoms with van der Waals surface area (Å²) in [6.07, 6.45) is 1.44. The average molecular weight is 380 g/mol. The molecule has 6 heteroatoms. The maximum absolute atomic E-state index is 12.5. The number of nitrogens with zero attached hydrogens (tertiary/aromatic N) is 1. The highest BCUT2D eigenvalue weighted by Crippen LogP contribution is 2.49. The van der Waals surface area contributed by atoms with Gasteiger partial charge in [-0.2, -0.15) is 0 Å². The predicted octanol–water partition coefficient (Wildman–Crippen LogP) is 2.67. The molecule has 2 aromatic carbocycles. The predicted molar refractivity (Wildman–Crippen MR) is 106 cm³/mol. The van der Waals surface area contributed by atoms with Crippen molar-refractivity contribution in [3.63, 3.8) is 0 Å². The number of aryl methyl sites for hydroxylation is 1. The molecule has 1 fully saturated rings. The van der Waals surface area contributed by atoms with Crippen molar-refractivity contribution in [1.29, 1.82) is 0 Å². The SMILES string of the molecule is Cc1ccc(NC(=O)CN(C)C(=O)COC(=O)C2(c3ccccc3)CC2)cc1. The average Bonchev–Trinajstić information content (AvgIpc) is 3.50. The number of ether oxygens (including phenoxy) is 1. The Bertz CT molecular complexity index is 858. The number of carbonyl (C=O) groups excluding carboxylic acids is 3. The highest BCUT2D eigenvalue weighted by Gasteiger charge is 2.52. The van der Waals surface area contributed by atoms with Gasteiger partial charge in [0.05, 0.1) is 12.0 Å². The van der Waals surface area contributed by atoms with Gasteiger partial charge in [0.1, 0.15) is 0 Å². The highest BCUT2D eigenvalue weighted by atomic mass is 16.5. The summed E-state index contributed by atoms with van der Waals surface area (Å²) in [6, 6.07) is 16.8. The first kappa shape index (κ1) is 19.6. The largest absolute Gasteiger partial charge is 0.455 e. The van der Waals surface area contributed by atoms with E-state index in [9.17, 15) is 14.4 Å². The van der Waals surface area contributed by atoms with Gasteiger partial charge < -0.3 is 15.0 Å². The van der Waals surface area contributed by atoms with Gasteiger partial charge in [-0.15, -0.1) is 0 Å². The van der Waals surface area contributed by atoms with E-state index >= 15 is 0 Å². The third kappa shape index (κ3) is 4.57. The summed E-state index contributed by atoms with van der Waals surface area (Å²) in [4.78, 5) is 38.0. The van der Waals surface area contributed by atoms with Gasteiger partial charge in [-0.25, -0.2) is 0 Å². The molecule has 1 N–H and O–H groups in total. The Morgan fingerprint density at radius 2 is 1.68 bits per heavy atom. The summed E-state index contributed by atoms with van der Waals surface area (Å²) in [5, 5.41) is 2.73. The lowest BCUT2D eigenvalue weighted by molar-refractivity contribution is -0.154. The number of hydrogen-bond acceptors (Lipinski definition) is 4. The molecule has 0 atom stereocenters. The smallest absolute Gasteiger partial charge is 0.317 e. The van der Waals surface area contributed by atoms with Crippen LogP contribution in [0.5, 0.6) is 0 Å². The fraction of sp³-hybridized carbons (Fsp3) is 0.318. The van der Waals surface area contributed by atoms with Crippen LogP contribution in [0.25, 0.3) is 0 Å². The third-order valence-electron chi connectivity index (χ3n) is 4.94. The standard InChI is InChI=1S/C22H24N2O4/c1-16-8-10-18(11-9-16)23-19(25)14-24(2)20(26)15-28-21(27)22(12-13-22)17-6-4-3-5-7-17/h3-11H,12-15H2,1-2H3,(H,23,25). The summed E-state index contributed by atoms with van der Waals surface area (Å²) < 4.78 is 5.26. The molecule has 0 heterocycles. The van der Waals surface area contributed by atoms with Gasteiger partial charge in [-0.05, 0) is 37.5 Å². The van der Waals surface area contributed by atoms with Gasteiger partial charge in [0.25, 0.3) is 5.91 Å². The van der Waals surface area contributed by atoms with E-state index in [-0.39, 0.29) is 25.0 Å². The lowest BCUT2D eigenvalue weighted by Crippen LogP contribution is -2.38. The Balaban J connectivity index is 1.47. The van der Waals surface area contributed by atoms with Crippen LogP contribution in [0.4, 0.5) is 5.69 Å². The number of amides is 2. The molecule has 0 spiro atoms. The van der Waals surface area contributed by atoms with Crippen LogP contribution in [0.3, 0.4) is 0 Å². The molecular weight excluding hydrogens is 356 g/mol. The zero-order valence-corrected chi connectivity index (χ0v) is 16.1. The fourth-order valence-electron chi connectivity index (χ4n) is 3.01. The lowest BCUT2D eigenvalue weighted by Gasteiger charge is -2.19. The van der Waals surface area contributed by atoms with E-state index in [1.54, 1.807) is 12.1 Å². The summed E-state index contributed by atoms with van der Waals surface area (Å²) in [6.45, 7) is 1.47.